The Labute approximate surface area is 112 Å². The molecule has 0 aromatic heterocycles. The van der Waals surface area contributed by atoms with Crippen LogP contribution >= 0.6 is 0 Å². The zero-order chi connectivity index (χ0) is 15.2. The van der Waals surface area contributed by atoms with E-state index in [0.717, 1.165) is 0 Å². The number of hydrogen-bond donors (Lipinski definition) is 4. The second-order valence-electron chi connectivity index (χ2n) is 5.77. The molecule has 0 bridgehead atoms. The van der Waals surface area contributed by atoms with Crippen molar-refractivity contribution in [3.05, 3.63) is 0 Å². The summed E-state index contributed by atoms with van der Waals surface area (Å²) in [6.45, 7) is 5.77. The maximum atomic E-state index is 11.7. The number of rotatable bonds is 7. The van der Waals surface area contributed by atoms with Crippen LogP contribution in [0.4, 0.5) is 0 Å². The fraction of sp³-hybridized carbons (Fsp3) is 0.750. The van der Waals surface area contributed by atoms with Crippen LogP contribution in [0.25, 0.3) is 0 Å². The number of amides is 1. The van der Waals surface area contributed by atoms with Crippen LogP contribution in [0.1, 0.15) is 40.0 Å². The fourth-order valence-corrected chi connectivity index (χ4v) is 1.71. The Hall–Kier alpha value is -1.63. The molecule has 110 valence electrons. The Kier molecular flexibility index (Phi) is 6.47. The van der Waals surface area contributed by atoms with Crippen molar-refractivity contribution < 1.29 is 24.6 Å². The van der Waals surface area contributed by atoms with Crippen molar-refractivity contribution in [2.24, 2.45) is 11.1 Å². The number of carboxylic acids is 2. The van der Waals surface area contributed by atoms with Crippen LogP contribution in [-0.4, -0.2) is 40.1 Å². The Balaban J connectivity index is 4.58. The lowest BCUT2D eigenvalue weighted by atomic mass is 9.87. The third-order valence-corrected chi connectivity index (χ3v) is 2.36. The first-order chi connectivity index (χ1) is 8.51. The third kappa shape index (κ3) is 9.01. The van der Waals surface area contributed by atoms with Gasteiger partial charge in [-0.15, -0.1) is 0 Å². The first-order valence-corrected chi connectivity index (χ1v) is 6.01. The molecule has 0 heterocycles. The van der Waals surface area contributed by atoms with Gasteiger partial charge < -0.3 is 21.3 Å². The van der Waals surface area contributed by atoms with Crippen molar-refractivity contribution >= 4 is 17.8 Å². The van der Waals surface area contributed by atoms with Gasteiger partial charge in [0.25, 0.3) is 0 Å². The molecule has 0 aromatic carbocycles. The molecule has 0 saturated carbocycles. The molecule has 1 amide bonds. The van der Waals surface area contributed by atoms with E-state index in [-0.39, 0.29) is 11.8 Å². The monoisotopic (exact) mass is 274 g/mol. The number of hydrogen-bond acceptors (Lipinski definition) is 4. The van der Waals surface area contributed by atoms with Gasteiger partial charge in [0.1, 0.15) is 0 Å². The first kappa shape index (κ1) is 17.4. The first-order valence-electron chi connectivity index (χ1n) is 6.01. The molecule has 0 aliphatic heterocycles. The van der Waals surface area contributed by atoms with Gasteiger partial charge in [-0.25, -0.2) is 0 Å². The van der Waals surface area contributed by atoms with Crippen molar-refractivity contribution in [3.63, 3.8) is 0 Å². The Bertz CT molecular complexity index is 349. The summed E-state index contributed by atoms with van der Waals surface area (Å²) in [5.41, 5.74) is 5.26. The molecule has 5 N–H and O–H groups in total. The number of carboxylic acid groups (broad SMARTS) is 2. The van der Waals surface area contributed by atoms with Gasteiger partial charge in [0.05, 0.1) is 18.9 Å². The maximum Gasteiger partial charge on any atom is 0.305 e. The van der Waals surface area contributed by atoms with E-state index in [2.05, 4.69) is 5.32 Å². The van der Waals surface area contributed by atoms with E-state index in [0.29, 0.717) is 6.42 Å². The average molecular weight is 274 g/mol. The summed E-state index contributed by atoms with van der Waals surface area (Å²) in [4.78, 5) is 32.9. The van der Waals surface area contributed by atoms with Gasteiger partial charge in [-0.2, -0.15) is 0 Å². The van der Waals surface area contributed by atoms with E-state index >= 15 is 0 Å². The maximum absolute atomic E-state index is 11.7. The van der Waals surface area contributed by atoms with Gasteiger partial charge in [-0.05, 0) is 11.8 Å². The summed E-state index contributed by atoms with van der Waals surface area (Å²) in [6.07, 6.45) is -0.241. The number of carbonyl (C=O) groups is 3. The van der Waals surface area contributed by atoms with Crippen molar-refractivity contribution in [3.8, 4) is 0 Å². The van der Waals surface area contributed by atoms with E-state index in [1.165, 1.54) is 0 Å². The van der Waals surface area contributed by atoms with Gasteiger partial charge in [0.2, 0.25) is 5.91 Å². The number of carbonyl (C=O) groups excluding carboxylic acids is 1. The van der Waals surface area contributed by atoms with Crippen molar-refractivity contribution in [2.75, 3.05) is 0 Å². The second-order valence-corrected chi connectivity index (χ2v) is 5.77. The zero-order valence-corrected chi connectivity index (χ0v) is 11.5. The largest absolute Gasteiger partial charge is 0.481 e. The van der Waals surface area contributed by atoms with E-state index in [9.17, 15) is 14.4 Å². The molecule has 19 heavy (non-hydrogen) atoms. The molecule has 0 saturated heterocycles. The Morgan fingerprint density at radius 1 is 1.11 bits per heavy atom. The molecule has 0 aromatic rings. The van der Waals surface area contributed by atoms with Crippen LogP contribution in [0.5, 0.6) is 0 Å². The molecule has 7 heteroatoms. The number of nitrogens with two attached hydrogens (primary N) is 1. The summed E-state index contributed by atoms with van der Waals surface area (Å²) >= 11 is 0. The molecule has 7 nitrogen and oxygen atoms in total. The van der Waals surface area contributed by atoms with Gasteiger partial charge in [-0.3, -0.25) is 14.4 Å². The molecular weight excluding hydrogens is 252 g/mol. The molecule has 0 radical (unpaired) electrons. The molecule has 2 unspecified atom stereocenters. The third-order valence-electron chi connectivity index (χ3n) is 2.36. The normalized spacial score (nSPS) is 14.5. The minimum atomic E-state index is -1.17. The van der Waals surface area contributed by atoms with Crippen molar-refractivity contribution in [1.82, 2.24) is 5.32 Å². The highest BCUT2D eigenvalue weighted by Gasteiger charge is 2.25. The molecule has 0 aliphatic carbocycles. The minimum absolute atomic E-state index is 0.162. The molecule has 2 atom stereocenters. The van der Waals surface area contributed by atoms with E-state index in [1.54, 1.807) is 0 Å². The Morgan fingerprint density at radius 2 is 1.58 bits per heavy atom. The summed E-state index contributed by atoms with van der Waals surface area (Å²) in [6, 6.07) is -1.74. The van der Waals surface area contributed by atoms with Gasteiger partial charge in [0, 0.05) is 6.04 Å². The predicted octanol–water partition coefficient (Wildman–Crippen LogP) is 0.184. The smallest absolute Gasteiger partial charge is 0.305 e. The van der Waals surface area contributed by atoms with Crippen LogP contribution in [0.3, 0.4) is 0 Å². The molecule has 0 rings (SSSR count). The minimum Gasteiger partial charge on any atom is -0.481 e. The van der Waals surface area contributed by atoms with E-state index < -0.39 is 36.4 Å². The standard InChI is InChI=1S/C12H22N2O5/c1-12(2,3)6-7(4-9(15)16)14-11(19)8(13)5-10(17)18/h7-8H,4-6,13H2,1-3H3,(H,14,19)(H,15,16)(H,17,18). The second kappa shape index (κ2) is 7.08. The Morgan fingerprint density at radius 3 is 1.95 bits per heavy atom. The van der Waals surface area contributed by atoms with E-state index in [4.69, 9.17) is 15.9 Å². The lowest BCUT2D eigenvalue weighted by Crippen LogP contribution is -2.47. The predicted molar refractivity (Wildman–Crippen MR) is 68.5 cm³/mol. The number of aliphatic carboxylic acids is 2. The SMILES string of the molecule is CC(C)(C)CC(CC(=O)O)NC(=O)C(N)CC(=O)O. The topological polar surface area (TPSA) is 130 Å². The van der Waals surface area contributed by atoms with Crippen LogP contribution in [0.2, 0.25) is 0 Å². The van der Waals surface area contributed by atoms with E-state index in [1.807, 2.05) is 20.8 Å². The van der Waals surface area contributed by atoms with Crippen molar-refractivity contribution in [2.45, 2.75) is 52.1 Å². The van der Waals surface area contributed by atoms with Gasteiger partial charge in [-0.1, -0.05) is 20.8 Å². The van der Waals surface area contributed by atoms with Gasteiger partial charge in [0.15, 0.2) is 0 Å². The highest BCUT2D eigenvalue weighted by atomic mass is 16.4. The fourth-order valence-electron chi connectivity index (χ4n) is 1.71. The van der Waals surface area contributed by atoms with Crippen molar-refractivity contribution in [1.29, 1.82) is 0 Å². The average Bonchev–Trinajstić information content (AvgIpc) is 2.11. The highest BCUT2D eigenvalue weighted by Crippen LogP contribution is 2.22. The van der Waals surface area contributed by atoms with Crippen LogP contribution in [-0.2, 0) is 14.4 Å². The molecule has 0 spiro atoms. The summed E-state index contributed by atoms with van der Waals surface area (Å²) < 4.78 is 0. The van der Waals surface area contributed by atoms with Crippen LogP contribution in [0.15, 0.2) is 0 Å². The van der Waals surface area contributed by atoms with Crippen LogP contribution < -0.4 is 11.1 Å². The number of nitrogens with one attached hydrogen (secondary N) is 1. The summed E-state index contributed by atoms with van der Waals surface area (Å²) in [5, 5.41) is 19.8. The summed E-state index contributed by atoms with van der Waals surface area (Å²) in [7, 11) is 0. The molecule has 0 aliphatic rings. The van der Waals surface area contributed by atoms with Crippen LogP contribution in [0, 0.1) is 5.41 Å². The summed E-state index contributed by atoms with van der Waals surface area (Å²) in [5.74, 6) is -2.84. The van der Waals surface area contributed by atoms with Gasteiger partial charge >= 0.3 is 11.9 Å². The lowest BCUT2D eigenvalue weighted by molar-refractivity contribution is -0.140. The highest BCUT2D eigenvalue weighted by molar-refractivity contribution is 5.86. The quantitative estimate of drug-likeness (QED) is 0.524. The molecular formula is C12H22N2O5. The molecule has 0 fully saturated rings. The lowest BCUT2D eigenvalue weighted by Gasteiger charge is -2.26. The zero-order valence-electron chi connectivity index (χ0n) is 11.5.